The van der Waals surface area contributed by atoms with Gasteiger partial charge in [-0.05, 0) is 73.0 Å². The lowest BCUT2D eigenvalue weighted by Gasteiger charge is -2.30. The van der Waals surface area contributed by atoms with E-state index in [1.54, 1.807) is 0 Å². The number of aliphatic hydroxyl groups excluding tert-OH is 1. The van der Waals surface area contributed by atoms with Crippen molar-refractivity contribution in [2.45, 2.75) is 77.2 Å². The van der Waals surface area contributed by atoms with Crippen molar-refractivity contribution in [1.29, 1.82) is 0 Å². The molecular weight excluding hydrogens is 380 g/mol. The van der Waals surface area contributed by atoms with Gasteiger partial charge in [0.1, 0.15) is 0 Å². The molecule has 2 aromatic carbocycles. The number of aliphatic hydroxyl groups is 1. The van der Waals surface area contributed by atoms with Gasteiger partial charge in [-0.25, -0.2) is 0 Å². The molecule has 1 heterocycles. The molecule has 1 N–H and O–H groups in total. The SMILES string of the molecule is CCc1nn(C2CCCC2)c2cc([C@@H]3CC(Cc4ccccc4)C[C@@]3(C)CO)ccc12. The second-order valence-corrected chi connectivity index (χ2v) is 10.3. The van der Waals surface area contributed by atoms with Crippen LogP contribution in [-0.4, -0.2) is 21.5 Å². The average Bonchev–Trinajstić information content (AvgIpc) is 3.51. The Hall–Kier alpha value is -2.13. The molecule has 1 unspecified atom stereocenters. The van der Waals surface area contributed by atoms with Gasteiger partial charge in [0.25, 0.3) is 0 Å². The lowest BCUT2D eigenvalue weighted by atomic mass is 9.76. The standard InChI is InChI=1S/C28H36N2O/c1-3-26-24-14-13-22(17-27(24)30(29-26)23-11-7-8-12-23)25-16-21(18-28(25,2)19-31)15-20-9-5-4-6-10-20/h4-6,9-10,13-14,17,21,23,25,31H,3,7-8,11-12,15-16,18-19H2,1-2H3/t21?,25-,28-/m0/s1. The summed E-state index contributed by atoms with van der Waals surface area (Å²) in [5, 5.41) is 16.8. The van der Waals surface area contributed by atoms with E-state index in [-0.39, 0.29) is 12.0 Å². The fraction of sp³-hybridized carbons (Fsp3) is 0.536. The summed E-state index contributed by atoms with van der Waals surface area (Å²) < 4.78 is 2.34. The molecule has 2 saturated carbocycles. The van der Waals surface area contributed by atoms with Crippen molar-refractivity contribution < 1.29 is 5.11 Å². The van der Waals surface area contributed by atoms with Gasteiger partial charge >= 0.3 is 0 Å². The number of fused-ring (bicyclic) bond motifs is 1. The molecule has 0 spiro atoms. The zero-order valence-electron chi connectivity index (χ0n) is 19.1. The Labute approximate surface area is 186 Å². The van der Waals surface area contributed by atoms with Gasteiger partial charge in [-0.3, -0.25) is 4.68 Å². The molecule has 2 aliphatic carbocycles. The topological polar surface area (TPSA) is 38.0 Å². The van der Waals surface area contributed by atoms with E-state index < -0.39 is 0 Å². The van der Waals surface area contributed by atoms with Gasteiger partial charge in [-0.2, -0.15) is 5.10 Å². The Bertz CT molecular complexity index is 1030. The van der Waals surface area contributed by atoms with E-state index in [4.69, 9.17) is 5.10 Å². The first-order valence-corrected chi connectivity index (χ1v) is 12.3. The molecule has 164 valence electrons. The summed E-state index contributed by atoms with van der Waals surface area (Å²) in [6.07, 6.45) is 9.46. The summed E-state index contributed by atoms with van der Waals surface area (Å²) in [4.78, 5) is 0. The molecular formula is C28H36N2O. The fourth-order valence-electron chi connectivity index (χ4n) is 6.44. The van der Waals surface area contributed by atoms with E-state index in [9.17, 15) is 5.11 Å². The number of hydrogen-bond acceptors (Lipinski definition) is 2. The van der Waals surface area contributed by atoms with Crippen molar-refractivity contribution in [3.63, 3.8) is 0 Å². The van der Waals surface area contributed by atoms with Crippen molar-refractivity contribution in [2.75, 3.05) is 6.61 Å². The molecule has 0 radical (unpaired) electrons. The minimum atomic E-state index is -0.0566. The summed E-state index contributed by atoms with van der Waals surface area (Å²) in [5.74, 6) is 1.01. The normalized spacial score (nSPS) is 26.8. The molecule has 0 aliphatic heterocycles. The van der Waals surface area contributed by atoms with Crippen LogP contribution in [0.25, 0.3) is 10.9 Å². The van der Waals surface area contributed by atoms with Gasteiger partial charge in [0.05, 0.1) is 17.3 Å². The second-order valence-electron chi connectivity index (χ2n) is 10.3. The van der Waals surface area contributed by atoms with Crippen LogP contribution in [0, 0.1) is 11.3 Å². The lowest BCUT2D eigenvalue weighted by Crippen LogP contribution is -2.24. The highest BCUT2D eigenvalue weighted by molar-refractivity contribution is 5.83. The van der Waals surface area contributed by atoms with E-state index in [1.807, 2.05) is 0 Å². The molecule has 2 fully saturated rings. The van der Waals surface area contributed by atoms with Gasteiger partial charge in [0.2, 0.25) is 0 Å². The Balaban J connectivity index is 1.49. The summed E-state index contributed by atoms with van der Waals surface area (Å²) in [6, 6.07) is 18.4. The van der Waals surface area contributed by atoms with E-state index in [1.165, 1.54) is 53.4 Å². The van der Waals surface area contributed by atoms with Crippen molar-refractivity contribution in [1.82, 2.24) is 9.78 Å². The molecule has 3 heteroatoms. The molecule has 5 rings (SSSR count). The number of rotatable bonds is 6. The van der Waals surface area contributed by atoms with Crippen LogP contribution in [0.4, 0.5) is 0 Å². The number of aromatic nitrogens is 2. The maximum atomic E-state index is 10.4. The molecule has 31 heavy (non-hydrogen) atoms. The Kier molecular flexibility index (Phi) is 5.64. The monoisotopic (exact) mass is 416 g/mol. The fourth-order valence-corrected chi connectivity index (χ4v) is 6.44. The van der Waals surface area contributed by atoms with Crippen LogP contribution in [0.2, 0.25) is 0 Å². The first kappa shape index (κ1) is 20.8. The summed E-state index contributed by atoms with van der Waals surface area (Å²) in [6.45, 7) is 4.75. The predicted molar refractivity (Wildman–Crippen MR) is 127 cm³/mol. The minimum absolute atomic E-state index is 0.0566. The van der Waals surface area contributed by atoms with Crippen LogP contribution in [0.3, 0.4) is 0 Å². The maximum absolute atomic E-state index is 10.4. The minimum Gasteiger partial charge on any atom is -0.396 e. The van der Waals surface area contributed by atoms with Gasteiger partial charge in [0, 0.05) is 12.0 Å². The highest BCUT2D eigenvalue weighted by Gasteiger charge is 2.44. The van der Waals surface area contributed by atoms with Crippen molar-refractivity contribution in [3.05, 3.63) is 65.4 Å². The van der Waals surface area contributed by atoms with E-state index in [2.05, 4.69) is 67.1 Å². The molecule has 0 bridgehead atoms. The first-order chi connectivity index (χ1) is 15.1. The maximum Gasteiger partial charge on any atom is 0.0700 e. The average molecular weight is 417 g/mol. The third-order valence-corrected chi connectivity index (χ3v) is 8.11. The molecule has 3 aromatic rings. The number of nitrogens with zero attached hydrogens (tertiary/aromatic N) is 2. The number of hydrogen-bond donors (Lipinski definition) is 1. The third kappa shape index (κ3) is 3.82. The molecule has 0 saturated heterocycles. The van der Waals surface area contributed by atoms with Crippen LogP contribution in [0.15, 0.2) is 48.5 Å². The van der Waals surface area contributed by atoms with E-state index in [0.717, 1.165) is 25.7 Å². The highest BCUT2D eigenvalue weighted by Crippen LogP contribution is 2.53. The van der Waals surface area contributed by atoms with Gasteiger partial charge in [-0.1, -0.05) is 69.2 Å². The number of benzene rings is 2. The Morgan fingerprint density at radius 1 is 1.10 bits per heavy atom. The van der Waals surface area contributed by atoms with Crippen LogP contribution in [-0.2, 0) is 12.8 Å². The van der Waals surface area contributed by atoms with Crippen LogP contribution >= 0.6 is 0 Å². The Morgan fingerprint density at radius 2 is 1.87 bits per heavy atom. The van der Waals surface area contributed by atoms with Crippen molar-refractivity contribution in [2.24, 2.45) is 11.3 Å². The van der Waals surface area contributed by atoms with Crippen LogP contribution < -0.4 is 0 Å². The van der Waals surface area contributed by atoms with Crippen molar-refractivity contribution in [3.8, 4) is 0 Å². The zero-order valence-corrected chi connectivity index (χ0v) is 19.1. The van der Waals surface area contributed by atoms with E-state index in [0.29, 0.717) is 17.9 Å². The molecule has 3 atom stereocenters. The highest BCUT2D eigenvalue weighted by atomic mass is 16.3. The van der Waals surface area contributed by atoms with Gasteiger partial charge in [-0.15, -0.1) is 0 Å². The molecule has 0 amide bonds. The molecule has 1 aromatic heterocycles. The second kappa shape index (κ2) is 8.43. The van der Waals surface area contributed by atoms with Crippen LogP contribution in [0.5, 0.6) is 0 Å². The van der Waals surface area contributed by atoms with Gasteiger partial charge in [0.15, 0.2) is 0 Å². The first-order valence-electron chi connectivity index (χ1n) is 12.3. The molecule has 2 aliphatic rings. The number of aryl methyl sites for hydroxylation is 1. The van der Waals surface area contributed by atoms with Crippen LogP contribution in [0.1, 0.15) is 81.2 Å². The zero-order chi connectivity index (χ0) is 21.4. The van der Waals surface area contributed by atoms with Gasteiger partial charge < -0.3 is 5.11 Å². The summed E-state index contributed by atoms with van der Waals surface area (Å²) in [7, 11) is 0. The third-order valence-electron chi connectivity index (χ3n) is 8.11. The molecule has 3 nitrogen and oxygen atoms in total. The predicted octanol–water partition coefficient (Wildman–Crippen LogP) is 6.45. The largest absolute Gasteiger partial charge is 0.396 e. The summed E-state index contributed by atoms with van der Waals surface area (Å²) >= 11 is 0. The quantitative estimate of drug-likeness (QED) is 0.501. The van der Waals surface area contributed by atoms with E-state index >= 15 is 0 Å². The summed E-state index contributed by atoms with van der Waals surface area (Å²) in [5.41, 5.74) is 5.29. The lowest BCUT2D eigenvalue weighted by molar-refractivity contribution is 0.128. The van der Waals surface area contributed by atoms with Crippen molar-refractivity contribution >= 4 is 10.9 Å². The smallest absolute Gasteiger partial charge is 0.0700 e. The Morgan fingerprint density at radius 3 is 2.58 bits per heavy atom.